The van der Waals surface area contributed by atoms with Crippen LogP contribution >= 0.6 is 0 Å². The van der Waals surface area contributed by atoms with E-state index in [1.54, 1.807) is 18.2 Å². The van der Waals surface area contributed by atoms with Gasteiger partial charge in [0.05, 0.1) is 24.3 Å². The summed E-state index contributed by atoms with van der Waals surface area (Å²) in [5.74, 6) is -2.14. The molecule has 0 aliphatic carbocycles. The lowest BCUT2D eigenvalue weighted by Crippen LogP contribution is -2.40. The lowest BCUT2D eigenvalue weighted by atomic mass is 10.2. The number of hydrazone groups is 1. The van der Waals surface area contributed by atoms with E-state index in [9.17, 15) is 18.0 Å². The van der Waals surface area contributed by atoms with Gasteiger partial charge in [-0.1, -0.05) is 6.07 Å². The van der Waals surface area contributed by atoms with Crippen LogP contribution in [0.2, 0.25) is 0 Å². The summed E-state index contributed by atoms with van der Waals surface area (Å²) in [5, 5.41) is 3.74. The molecule has 0 saturated carbocycles. The molecule has 1 aliphatic rings. The average molecular weight is 433 g/mol. The molecule has 0 atom stereocenters. The highest BCUT2D eigenvalue weighted by Gasteiger charge is 2.26. The smallest absolute Gasteiger partial charge is 0.329 e. The number of rotatable bonds is 5. The maximum Gasteiger partial charge on any atom is 0.329 e. The van der Waals surface area contributed by atoms with Crippen molar-refractivity contribution in [3.8, 4) is 5.69 Å². The molecule has 10 nitrogen and oxygen atoms in total. The van der Waals surface area contributed by atoms with Crippen molar-refractivity contribution in [3.63, 3.8) is 0 Å². The summed E-state index contributed by atoms with van der Waals surface area (Å²) in [4.78, 5) is 22.2. The Morgan fingerprint density at radius 3 is 2.57 bits per heavy atom. The third-order valence-electron chi connectivity index (χ3n) is 4.75. The summed E-state index contributed by atoms with van der Waals surface area (Å²) >= 11 is 0. The number of primary amides is 1. The first kappa shape index (κ1) is 21.7. The molecule has 11 heteroatoms. The van der Waals surface area contributed by atoms with E-state index in [-0.39, 0.29) is 4.90 Å². The normalized spacial score (nSPS) is 15.4. The number of hydrogen-bond acceptors (Lipinski definition) is 6. The van der Waals surface area contributed by atoms with Gasteiger partial charge in [-0.15, -0.1) is 0 Å². The molecule has 0 radical (unpaired) electrons. The summed E-state index contributed by atoms with van der Waals surface area (Å²) in [6.45, 7) is 5.12. The Balaban J connectivity index is 1.91. The van der Waals surface area contributed by atoms with Crippen LogP contribution in [-0.4, -0.2) is 61.6 Å². The van der Waals surface area contributed by atoms with E-state index in [1.165, 1.54) is 10.5 Å². The maximum absolute atomic E-state index is 13.0. The van der Waals surface area contributed by atoms with Gasteiger partial charge in [0, 0.05) is 35.7 Å². The zero-order valence-electron chi connectivity index (χ0n) is 16.7. The number of aryl methyl sites for hydroxylation is 1. The van der Waals surface area contributed by atoms with Gasteiger partial charge in [-0.25, -0.2) is 13.8 Å². The first-order valence-corrected chi connectivity index (χ1v) is 10.7. The highest BCUT2D eigenvalue weighted by molar-refractivity contribution is 7.89. The molecule has 160 valence electrons. The molecule has 1 saturated heterocycles. The second kappa shape index (κ2) is 8.78. The van der Waals surface area contributed by atoms with Gasteiger partial charge in [-0.05, 0) is 38.1 Å². The topological polar surface area (TPSA) is 136 Å². The number of nitrogens with one attached hydrogen (secondary N) is 1. The van der Waals surface area contributed by atoms with Crippen molar-refractivity contribution in [3.05, 3.63) is 47.3 Å². The van der Waals surface area contributed by atoms with Gasteiger partial charge in [0.1, 0.15) is 0 Å². The number of nitrogens with two attached hydrogens (primary N) is 1. The van der Waals surface area contributed by atoms with Crippen molar-refractivity contribution in [2.45, 2.75) is 18.7 Å². The lowest BCUT2D eigenvalue weighted by molar-refractivity contribution is -0.137. The van der Waals surface area contributed by atoms with E-state index in [0.717, 1.165) is 11.4 Å². The van der Waals surface area contributed by atoms with Crippen LogP contribution in [0, 0.1) is 13.8 Å². The minimum absolute atomic E-state index is 0.207. The van der Waals surface area contributed by atoms with Crippen LogP contribution in [-0.2, 0) is 24.3 Å². The van der Waals surface area contributed by atoms with Gasteiger partial charge in [0.25, 0.3) is 0 Å². The largest absolute Gasteiger partial charge is 0.379 e. The molecule has 2 aromatic rings. The molecule has 1 fully saturated rings. The van der Waals surface area contributed by atoms with Gasteiger partial charge >= 0.3 is 11.8 Å². The molecule has 2 amide bonds. The first-order chi connectivity index (χ1) is 14.2. The van der Waals surface area contributed by atoms with Crippen molar-refractivity contribution in [1.29, 1.82) is 0 Å². The number of benzene rings is 1. The third kappa shape index (κ3) is 4.42. The third-order valence-corrected chi connectivity index (χ3v) is 6.64. The molecule has 0 spiro atoms. The van der Waals surface area contributed by atoms with Gasteiger partial charge in [0.2, 0.25) is 10.0 Å². The van der Waals surface area contributed by atoms with Gasteiger partial charge in [-0.2, -0.15) is 9.41 Å². The summed E-state index contributed by atoms with van der Waals surface area (Å²) in [5.41, 5.74) is 9.91. The van der Waals surface area contributed by atoms with Crippen LogP contribution in [0.1, 0.15) is 17.0 Å². The van der Waals surface area contributed by atoms with Crippen LogP contribution in [0.3, 0.4) is 0 Å². The standard InChI is InChI=1S/C19H23N5O5S/c1-13-10-15(12-21-22-19(26)18(20)25)14(2)24(13)16-4-3-5-17(11-16)30(27,28)23-6-8-29-9-7-23/h3-5,10-12H,6-9H2,1-2H3,(H2,20,25)(H,22,26)/b21-12+. The molecule has 0 bridgehead atoms. The fourth-order valence-corrected chi connectivity index (χ4v) is 4.70. The van der Waals surface area contributed by atoms with Crippen molar-refractivity contribution >= 4 is 28.1 Å². The summed E-state index contributed by atoms with van der Waals surface area (Å²) in [6.07, 6.45) is 1.40. The second-order valence-corrected chi connectivity index (χ2v) is 8.68. The highest BCUT2D eigenvalue weighted by Crippen LogP contribution is 2.24. The predicted molar refractivity (Wildman–Crippen MR) is 110 cm³/mol. The number of nitrogens with zero attached hydrogens (tertiary/aromatic N) is 3. The van der Waals surface area contributed by atoms with E-state index >= 15 is 0 Å². The molecule has 0 unspecified atom stereocenters. The minimum atomic E-state index is -3.62. The Bertz CT molecular complexity index is 1100. The van der Waals surface area contributed by atoms with Crippen LogP contribution in [0.25, 0.3) is 5.69 Å². The number of sulfonamides is 1. The van der Waals surface area contributed by atoms with Gasteiger partial charge < -0.3 is 15.0 Å². The molecule has 1 aromatic carbocycles. The molecule has 2 heterocycles. The lowest BCUT2D eigenvalue weighted by Gasteiger charge is -2.26. The van der Waals surface area contributed by atoms with Crippen LogP contribution < -0.4 is 11.2 Å². The van der Waals surface area contributed by atoms with Gasteiger partial charge in [0.15, 0.2) is 0 Å². The molecule has 1 aliphatic heterocycles. The number of amides is 2. The number of morpholine rings is 1. The molecular formula is C19H23N5O5S. The average Bonchev–Trinajstić information content (AvgIpc) is 3.01. The zero-order valence-corrected chi connectivity index (χ0v) is 17.5. The number of carbonyl (C=O) groups excluding carboxylic acids is 2. The van der Waals surface area contributed by atoms with E-state index in [1.807, 2.05) is 36.0 Å². The summed E-state index contributed by atoms with van der Waals surface area (Å²) in [6, 6.07) is 8.54. The monoisotopic (exact) mass is 433 g/mol. The molecule has 3 N–H and O–H groups in total. The maximum atomic E-state index is 13.0. The second-order valence-electron chi connectivity index (χ2n) is 6.74. The predicted octanol–water partition coefficient (Wildman–Crippen LogP) is 0.0504. The SMILES string of the molecule is Cc1cc(/C=N/NC(=O)C(N)=O)c(C)n1-c1cccc(S(=O)(=O)N2CCOCC2)c1. The number of ether oxygens (including phenoxy) is 1. The van der Waals surface area contributed by atoms with Crippen LogP contribution in [0.4, 0.5) is 0 Å². The number of hydrogen-bond donors (Lipinski definition) is 2. The number of aromatic nitrogens is 1. The van der Waals surface area contributed by atoms with E-state index in [2.05, 4.69) is 5.10 Å². The molecule has 30 heavy (non-hydrogen) atoms. The van der Waals surface area contributed by atoms with E-state index in [4.69, 9.17) is 10.5 Å². The fourth-order valence-electron chi connectivity index (χ4n) is 3.25. The van der Waals surface area contributed by atoms with Crippen LogP contribution in [0.15, 0.2) is 40.3 Å². The Morgan fingerprint density at radius 1 is 1.20 bits per heavy atom. The zero-order chi connectivity index (χ0) is 21.9. The quantitative estimate of drug-likeness (QED) is 0.390. The Labute approximate surface area is 174 Å². The highest BCUT2D eigenvalue weighted by atomic mass is 32.2. The van der Waals surface area contributed by atoms with Crippen LogP contribution in [0.5, 0.6) is 0 Å². The summed E-state index contributed by atoms with van der Waals surface area (Å²) < 4.78 is 34.5. The van der Waals surface area contributed by atoms with Crippen molar-refractivity contribution < 1.29 is 22.7 Å². The summed E-state index contributed by atoms with van der Waals surface area (Å²) in [7, 11) is -3.62. The molecular weight excluding hydrogens is 410 g/mol. The Morgan fingerprint density at radius 2 is 1.90 bits per heavy atom. The van der Waals surface area contributed by atoms with Gasteiger partial charge in [-0.3, -0.25) is 9.59 Å². The van der Waals surface area contributed by atoms with Crippen molar-refractivity contribution in [1.82, 2.24) is 14.3 Å². The fraction of sp³-hybridized carbons (Fsp3) is 0.316. The molecule has 1 aromatic heterocycles. The van der Waals surface area contributed by atoms with E-state index < -0.39 is 21.8 Å². The van der Waals surface area contributed by atoms with Crippen molar-refractivity contribution in [2.24, 2.45) is 10.8 Å². The van der Waals surface area contributed by atoms with E-state index in [0.29, 0.717) is 37.6 Å². The van der Waals surface area contributed by atoms with Crippen molar-refractivity contribution in [2.75, 3.05) is 26.3 Å². The Hall–Kier alpha value is -3.02. The Kier molecular flexibility index (Phi) is 6.34. The molecule has 3 rings (SSSR count). The minimum Gasteiger partial charge on any atom is -0.379 e. The number of carbonyl (C=O) groups is 2. The first-order valence-electron chi connectivity index (χ1n) is 9.22.